The zero-order valence-electron chi connectivity index (χ0n) is 13.1. The first-order valence-electron chi connectivity index (χ1n) is 7.84. The Bertz CT molecular complexity index is 839. The van der Waals surface area contributed by atoms with Crippen LogP contribution in [0.4, 0.5) is 29.5 Å². The highest BCUT2D eigenvalue weighted by atomic mass is 19.4. The molecule has 0 radical (unpaired) electrons. The number of aromatic nitrogens is 1. The zero-order valence-corrected chi connectivity index (χ0v) is 13.1. The molecule has 1 aromatic carbocycles. The van der Waals surface area contributed by atoms with Crippen LogP contribution in [-0.2, 0) is 6.18 Å². The second-order valence-electron chi connectivity index (χ2n) is 6.24. The van der Waals surface area contributed by atoms with Crippen molar-refractivity contribution in [1.82, 2.24) is 4.98 Å². The van der Waals surface area contributed by atoms with Gasteiger partial charge in [0.1, 0.15) is 0 Å². The molecule has 1 saturated heterocycles. The van der Waals surface area contributed by atoms with E-state index < -0.39 is 17.8 Å². The molecular formula is C17H15F3N4O. The molecule has 2 N–H and O–H groups in total. The highest BCUT2D eigenvalue weighted by Gasteiger charge is 2.45. The summed E-state index contributed by atoms with van der Waals surface area (Å²) < 4.78 is 39.1. The monoisotopic (exact) mass is 348 g/mol. The molecule has 2 amide bonds. The van der Waals surface area contributed by atoms with E-state index in [0.717, 1.165) is 6.07 Å². The largest absolute Gasteiger partial charge is 0.416 e. The van der Waals surface area contributed by atoms with Crippen LogP contribution in [0.5, 0.6) is 0 Å². The predicted molar refractivity (Wildman–Crippen MR) is 86.2 cm³/mol. The molecule has 2 atom stereocenters. The summed E-state index contributed by atoms with van der Waals surface area (Å²) in [6.07, 6.45) is -2.32. The van der Waals surface area contributed by atoms with Crippen molar-refractivity contribution < 1.29 is 18.0 Å². The van der Waals surface area contributed by atoms with Gasteiger partial charge in [0.25, 0.3) is 0 Å². The molecule has 1 fully saturated rings. The molecule has 130 valence electrons. The van der Waals surface area contributed by atoms with Gasteiger partial charge in [0.15, 0.2) is 5.82 Å². The Morgan fingerprint density at radius 3 is 2.76 bits per heavy atom. The third kappa shape index (κ3) is 2.48. The Morgan fingerprint density at radius 1 is 1.24 bits per heavy atom. The minimum atomic E-state index is -4.39. The number of rotatable bonds is 1. The molecule has 5 nitrogen and oxygen atoms in total. The second-order valence-corrected chi connectivity index (χ2v) is 6.24. The average Bonchev–Trinajstić information content (AvgIpc) is 2.94. The third-order valence-corrected chi connectivity index (χ3v) is 4.78. The number of pyridine rings is 1. The minimum Gasteiger partial charge on any atom is -0.359 e. The van der Waals surface area contributed by atoms with Crippen LogP contribution in [0.15, 0.2) is 42.6 Å². The van der Waals surface area contributed by atoms with Gasteiger partial charge in [-0.15, -0.1) is 0 Å². The molecule has 2 unspecified atom stereocenters. The molecule has 0 spiro atoms. The number of carbonyl (C=O) groups is 1. The number of nitrogens with two attached hydrogens (primary N) is 1. The van der Waals surface area contributed by atoms with Crippen molar-refractivity contribution in [3.8, 4) is 0 Å². The average molecular weight is 348 g/mol. The van der Waals surface area contributed by atoms with Gasteiger partial charge in [-0.1, -0.05) is 12.1 Å². The van der Waals surface area contributed by atoms with Crippen molar-refractivity contribution in [2.75, 3.05) is 16.3 Å². The quantitative estimate of drug-likeness (QED) is 0.860. The smallest absolute Gasteiger partial charge is 0.359 e. The summed E-state index contributed by atoms with van der Waals surface area (Å²) in [7, 11) is 0. The van der Waals surface area contributed by atoms with Crippen LogP contribution < -0.4 is 15.5 Å². The van der Waals surface area contributed by atoms with Crippen LogP contribution >= 0.6 is 0 Å². The van der Waals surface area contributed by atoms with Crippen LogP contribution in [0.25, 0.3) is 0 Å². The lowest BCUT2D eigenvalue weighted by molar-refractivity contribution is -0.137. The first-order chi connectivity index (χ1) is 11.9. The Balaban J connectivity index is 1.77. The van der Waals surface area contributed by atoms with Gasteiger partial charge in [0.2, 0.25) is 0 Å². The van der Waals surface area contributed by atoms with Gasteiger partial charge in [-0.05, 0) is 36.2 Å². The molecule has 2 bridgehead atoms. The lowest BCUT2D eigenvalue weighted by Gasteiger charge is -2.35. The molecule has 4 rings (SSSR count). The molecule has 25 heavy (non-hydrogen) atoms. The Labute approximate surface area is 141 Å². The highest BCUT2D eigenvalue weighted by molar-refractivity contribution is 5.95. The molecule has 2 aliphatic heterocycles. The number of primary amides is 1. The summed E-state index contributed by atoms with van der Waals surface area (Å²) in [5.41, 5.74) is 6.11. The van der Waals surface area contributed by atoms with Crippen LogP contribution in [-0.4, -0.2) is 23.6 Å². The fraction of sp³-hybridized carbons (Fsp3) is 0.294. The number of alkyl halides is 3. The molecule has 2 aliphatic rings. The lowest BCUT2D eigenvalue weighted by atomic mass is 10.0. The van der Waals surface area contributed by atoms with Gasteiger partial charge >= 0.3 is 12.2 Å². The van der Waals surface area contributed by atoms with E-state index in [2.05, 4.69) is 4.98 Å². The number of benzene rings is 1. The number of hydrogen-bond acceptors (Lipinski definition) is 3. The van der Waals surface area contributed by atoms with Gasteiger partial charge < -0.3 is 10.6 Å². The SMILES string of the molecule is NC(=O)N1c2ncccc2N2CC1CC2c1cccc(C(F)(F)F)c1. The summed E-state index contributed by atoms with van der Waals surface area (Å²) in [4.78, 5) is 19.6. The molecule has 0 aliphatic carbocycles. The number of anilines is 2. The minimum absolute atomic E-state index is 0.209. The van der Waals surface area contributed by atoms with Crippen molar-refractivity contribution in [3.63, 3.8) is 0 Å². The summed E-state index contributed by atoms with van der Waals surface area (Å²) >= 11 is 0. The van der Waals surface area contributed by atoms with Gasteiger partial charge in [-0.25, -0.2) is 9.78 Å². The number of fused-ring (bicyclic) bond motifs is 4. The van der Waals surface area contributed by atoms with E-state index in [-0.39, 0.29) is 12.1 Å². The molecule has 0 saturated carbocycles. The van der Waals surface area contributed by atoms with Crippen LogP contribution in [0, 0.1) is 0 Å². The molecule has 8 heteroatoms. The van der Waals surface area contributed by atoms with Crippen molar-refractivity contribution in [3.05, 3.63) is 53.7 Å². The van der Waals surface area contributed by atoms with Gasteiger partial charge in [-0.2, -0.15) is 13.2 Å². The Kier molecular flexibility index (Phi) is 3.38. The van der Waals surface area contributed by atoms with Gasteiger partial charge in [0, 0.05) is 12.7 Å². The van der Waals surface area contributed by atoms with E-state index in [0.29, 0.717) is 30.0 Å². The Morgan fingerprint density at radius 2 is 2.04 bits per heavy atom. The molecule has 2 aromatic rings. The van der Waals surface area contributed by atoms with Gasteiger partial charge in [0.05, 0.1) is 23.3 Å². The van der Waals surface area contributed by atoms with E-state index in [9.17, 15) is 18.0 Å². The first-order valence-corrected chi connectivity index (χ1v) is 7.84. The summed E-state index contributed by atoms with van der Waals surface area (Å²) in [5, 5.41) is 0. The summed E-state index contributed by atoms with van der Waals surface area (Å²) in [6, 6.07) is 7.80. The number of nitrogens with zero attached hydrogens (tertiary/aromatic N) is 3. The highest BCUT2D eigenvalue weighted by Crippen LogP contribution is 2.47. The second kappa shape index (κ2) is 5.37. The van der Waals surface area contributed by atoms with Crippen molar-refractivity contribution in [2.24, 2.45) is 5.73 Å². The van der Waals surface area contributed by atoms with Crippen molar-refractivity contribution in [2.45, 2.75) is 24.7 Å². The normalized spacial score (nSPS) is 22.0. The first kappa shape index (κ1) is 15.7. The predicted octanol–water partition coefficient (Wildman–Crippen LogP) is 3.32. The van der Waals surface area contributed by atoms with E-state index in [1.165, 1.54) is 17.0 Å². The van der Waals surface area contributed by atoms with Crippen molar-refractivity contribution in [1.29, 1.82) is 0 Å². The maximum Gasteiger partial charge on any atom is 0.416 e. The number of hydrogen-bond donors (Lipinski definition) is 1. The maximum atomic E-state index is 13.0. The number of halogens is 3. The standard InChI is InChI=1S/C17H15F3N4O/c18-17(19,20)11-4-1-3-10(7-11)14-8-12-9-23(14)13-5-2-6-22-15(13)24(12)16(21)25/h1-7,12,14H,8-9H2,(H2,21,25). The fourth-order valence-corrected chi connectivity index (χ4v) is 3.76. The topological polar surface area (TPSA) is 62.5 Å². The van der Waals surface area contributed by atoms with Crippen LogP contribution in [0.2, 0.25) is 0 Å². The number of urea groups is 1. The van der Waals surface area contributed by atoms with Gasteiger partial charge in [-0.3, -0.25) is 4.90 Å². The van der Waals surface area contributed by atoms with E-state index in [1.807, 2.05) is 4.90 Å². The van der Waals surface area contributed by atoms with Crippen LogP contribution in [0.3, 0.4) is 0 Å². The molecular weight excluding hydrogens is 333 g/mol. The number of amides is 2. The van der Waals surface area contributed by atoms with Crippen LogP contribution in [0.1, 0.15) is 23.6 Å². The lowest BCUT2D eigenvalue weighted by Crippen LogP contribution is -2.48. The maximum absolute atomic E-state index is 13.0. The third-order valence-electron chi connectivity index (χ3n) is 4.78. The fourth-order valence-electron chi connectivity index (χ4n) is 3.76. The van der Waals surface area contributed by atoms with E-state index in [1.54, 1.807) is 24.4 Å². The molecule has 3 heterocycles. The number of carbonyl (C=O) groups excluding carboxylic acids is 1. The van der Waals surface area contributed by atoms with Crippen molar-refractivity contribution >= 4 is 17.5 Å². The summed E-state index contributed by atoms with van der Waals surface area (Å²) in [5.74, 6) is 0.459. The van der Waals surface area contributed by atoms with E-state index >= 15 is 0 Å². The zero-order chi connectivity index (χ0) is 17.8. The summed E-state index contributed by atoms with van der Waals surface area (Å²) in [6.45, 7) is 0.516. The van der Waals surface area contributed by atoms with E-state index in [4.69, 9.17) is 5.73 Å². The molecule has 1 aromatic heterocycles. The Hall–Kier alpha value is -2.77.